The van der Waals surface area contributed by atoms with Gasteiger partial charge in [0.25, 0.3) is 0 Å². The minimum Gasteiger partial charge on any atom is -0.573 e. The fraction of sp³-hybridized carbons (Fsp3) is 0. The molecule has 0 heterocycles. The van der Waals surface area contributed by atoms with Gasteiger partial charge in [0, 0.05) is 11.9 Å². The Kier molecular flexibility index (Phi) is 15.7. The van der Waals surface area contributed by atoms with E-state index in [1.54, 1.807) is 0 Å². The first-order chi connectivity index (χ1) is 22.0. The molecule has 232 valence electrons. The molecule has 6 aromatic rings. The second-order valence-corrected chi connectivity index (χ2v) is 14.8. The van der Waals surface area contributed by atoms with Crippen molar-refractivity contribution >= 4 is 47.7 Å². The number of benzene rings is 6. The first kappa shape index (κ1) is 36.2. The van der Waals surface area contributed by atoms with Crippen LogP contribution in [-0.2, 0) is 25.2 Å². The van der Waals surface area contributed by atoms with Gasteiger partial charge in [-0.3, -0.25) is 0 Å². The van der Waals surface area contributed by atoms with Gasteiger partial charge in [0.1, 0.15) is 31.8 Å². The predicted molar refractivity (Wildman–Crippen MR) is 192 cm³/mol. The van der Waals surface area contributed by atoms with Gasteiger partial charge < -0.3 is 14.9 Å². The van der Waals surface area contributed by atoms with E-state index >= 15 is 0 Å². The molecule has 0 amide bonds. The first-order valence-corrected chi connectivity index (χ1v) is 17.5. The van der Waals surface area contributed by atoms with Crippen LogP contribution in [0.25, 0.3) is 0 Å². The second kappa shape index (κ2) is 20.0. The normalized spacial score (nSPS) is 9.87. The molecule has 0 atom stereocenters. The van der Waals surface area contributed by atoms with E-state index in [4.69, 9.17) is 0 Å². The van der Waals surface area contributed by atoms with E-state index in [1.807, 2.05) is 0 Å². The Balaban J connectivity index is 0.000000205. The third-order valence-electron chi connectivity index (χ3n) is 6.60. The van der Waals surface area contributed by atoms with E-state index in [1.165, 1.54) is 31.8 Å². The summed E-state index contributed by atoms with van der Waals surface area (Å²) < 4.78 is 3.75. The van der Waals surface area contributed by atoms with Crippen LogP contribution >= 0.6 is 15.8 Å². The Hall–Kier alpha value is -4.28. The maximum atomic E-state index is 9.66. The summed E-state index contributed by atoms with van der Waals surface area (Å²) in [5.41, 5.74) is 0. The van der Waals surface area contributed by atoms with Crippen LogP contribution in [0.1, 0.15) is 0 Å². The van der Waals surface area contributed by atoms with Crippen LogP contribution in [0, 0.1) is 0 Å². The molecule has 3 nitrogen and oxygen atoms in total. The molecule has 6 heteroatoms. The Morgan fingerprint density at radius 1 is 0.348 bits per heavy atom. The average Bonchev–Trinajstić information content (AvgIpc) is 3.08. The molecule has 0 N–H and O–H groups in total. The maximum absolute atomic E-state index is 9.66. The standard InChI is InChI=1S/2C18H15P.C4H6O3.Pd/c2*1-4-10-16(11-5-1)19(17-12-6-2-7-13-17)18-14-8-3-9-15-18;1-3(5)7-4(2)6;/h2*1-15H;5-6H,1-2H2;/q;;;+2. The van der Waals surface area contributed by atoms with Crippen molar-refractivity contribution < 1.29 is 35.4 Å². The predicted octanol–water partition coefficient (Wildman–Crippen LogP) is 5.02. The van der Waals surface area contributed by atoms with E-state index < -0.39 is 27.7 Å². The van der Waals surface area contributed by atoms with Gasteiger partial charge in [0.15, 0.2) is 0 Å². The SMILES string of the molecule is C=C([O-])OC(=C)[O-].[Pd+2].c1ccc([PH+](c2ccccc2)c2ccccc2)cc1.c1ccc([PH+](c2ccccc2)c2ccccc2)cc1. The Bertz CT molecular complexity index is 1390. The molecule has 0 fully saturated rings. The Labute approximate surface area is 288 Å². The molecule has 6 rings (SSSR count). The van der Waals surface area contributed by atoms with Gasteiger partial charge in [-0.1, -0.05) is 122 Å². The topological polar surface area (TPSA) is 55.3 Å². The van der Waals surface area contributed by atoms with Crippen LogP contribution in [0.3, 0.4) is 0 Å². The molecule has 0 saturated heterocycles. The van der Waals surface area contributed by atoms with Crippen molar-refractivity contribution in [2.45, 2.75) is 0 Å². The molecular weight excluding hydrogens is 697 g/mol. The molecule has 0 aliphatic carbocycles. The summed E-state index contributed by atoms with van der Waals surface area (Å²) in [6.45, 7) is 5.51. The largest absolute Gasteiger partial charge is 2.00 e. The average molecular weight is 733 g/mol. The zero-order chi connectivity index (χ0) is 31.7. The van der Waals surface area contributed by atoms with Crippen molar-refractivity contribution in [3.05, 3.63) is 207 Å². The van der Waals surface area contributed by atoms with Gasteiger partial charge in [0.2, 0.25) is 0 Å². The third-order valence-corrected chi connectivity index (χ3v) is 12.1. The summed E-state index contributed by atoms with van der Waals surface area (Å²) in [5, 5.41) is 27.9. The smallest absolute Gasteiger partial charge is 0.573 e. The minimum atomic E-state index is -0.877. The fourth-order valence-electron chi connectivity index (χ4n) is 4.76. The van der Waals surface area contributed by atoms with Crippen molar-refractivity contribution in [2.24, 2.45) is 0 Å². The van der Waals surface area contributed by atoms with Crippen molar-refractivity contribution in [1.29, 1.82) is 0 Å². The van der Waals surface area contributed by atoms with Crippen molar-refractivity contribution in [3.63, 3.8) is 0 Å². The molecular formula is C40H36O3P2Pd+2. The quantitative estimate of drug-likeness (QED) is 0.126. The minimum absolute atomic E-state index is 0. The van der Waals surface area contributed by atoms with Gasteiger partial charge in [-0.2, -0.15) is 0 Å². The Morgan fingerprint density at radius 2 is 0.500 bits per heavy atom. The van der Waals surface area contributed by atoms with Crippen molar-refractivity contribution in [2.75, 3.05) is 0 Å². The van der Waals surface area contributed by atoms with E-state index in [9.17, 15) is 10.2 Å². The zero-order valence-corrected chi connectivity index (χ0v) is 28.8. The van der Waals surface area contributed by atoms with Gasteiger partial charge in [-0.15, -0.1) is 0 Å². The number of hydrogen-bond donors (Lipinski definition) is 0. The van der Waals surface area contributed by atoms with Crippen LogP contribution in [-0.4, -0.2) is 0 Å². The van der Waals surface area contributed by atoms with Crippen LogP contribution in [0.5, 0.6) is 0 Å². The van der Waals surface area contributed by atoms with E-state index in [0.29, 0.717) is 0 Å². The molecule has 0 unspecified atom stereocenters. The van der Waals surface area contributed by atoms with Crippen LogP contribution in [0.15, 0.2) is 207 Å². The molecule has 0 aromatic heterocycles. The van der Waals surface area contributed by atoms with Crippen molar-refractivity contribution in [1.82, 2.24) is 0 Å². The van der Waals surface area contributed by atoms with Crippen LogP contribution in [0.4, 0.5) is 0 Å². The van der Waals surface area contributed by atoms with E-state index in [-0.39, 0.29) is 20.4 Å². The van der Waals surface area contributed by atoms with Gasteiger partial charge >= 0.3 is 20.4 Å². The molecule has 6 aromatic carbocycles. The molecule has 0 aliphatic heterocycles. The van der Waals surface area contributed by atoms with E-state index in [2.05, 4.69) is 200 Å². The monoisotopic (exact) mass is 732 g/mol. The third kappa shape index (κ3) is 11.6. The molecule has 0 saturated carbocycles. The Morgan fingerprint density at radius 3 is 0.609 bits per heavy atom. The number of hydrogen-bond acceptors (Lipinski definition) is 3. The van der Waals surface area contributed by atoms with Gasteiger partial charge in [0.05, 0.1) is 15.8 Å². The number of ether oxygens (including phenoxy) is 1. The molecule has 0 spiro atoms. The summed E-state index contributed by atoms with van der Waals surface area (Å²) >= 11 is 0. The fourth-order valence-corrected chi connectivity index (χ4v) is 9.91. The summed E-state index contributed by atoms with van der Waals surface area (Å²) in [6.07, 6.45) is 0. The second-order valence-electron chi connectivity index (χ2n) is 9.79. The number of rotatable bonds is 8. The summed E-state index contributed by atoms with van der Waals surface area (Å²) in [6, 6.07) is 65.0. The van der Waals surface area contributed by atoms with Gasteiger partial charge in [-0.05, 0) is 72.8 Å². The van der Waals surface area contributed by atoms with Gasteiger partial charge in [-0.25, -0.2) is 0 Å². The molecule has 0 radical (unpaired) electrons. The zero-order valence-electron chi connectivity index (χ0n) is 25.3. The first-order valence-electron chi connectivity index (χ1n) is 14.5. The maximum Gasteiger partial charge on any atom is 2.00 e. The van der Waals surface area contributed by atoms with Crippen LogP contribution in [0.2, 0.25) is 0 Å². The van der Waals surface area contributed by atoms with E-state index in [0.717, 1.165) is 0 Å². The molecule has 0 bridgehead atoms. The summed E-state index contributed by atoms with van der Waals surface area (Å²) in [5.74, 6) is -1.75. The van der Waals surface area contributed by atoms with Crippen LogP contribution < -0.4 is 42.0 Å². The summed E-state index contributed by atoms with van der Waals surface area (Å²) in [4.78, 5) is 0. The molecule has 46 heavy (non-hydrogen) atoms. The van der Waals surface area contributed by atoms with Crippen molar-refractivity contribution in [3.8, 4) is 0 Å². The molecule has 0 aliphatic rings. The summed E-state index contributed by atoms with van der Waals surface area (Å²) in [7, 11) is -1.75.